The molecule has 0 unspecified atom stereocenters. The third kappa shape index (κ3) is 5.34. The first-order valence-electron chi connectivity index (χ1n) is 11.7. The molecule has 0 radical (unpaired) electrons. The average Bonchev–Trinajstić information content (AvgIpc) is 3.30. The second-order valence-electron chi connectivity index (χ2n) is 8.87. The maximum atomic E-state index is 12.6. The second-order valence-corrected chi connectivity index (χ2v) is 9.68. The van der Waals surface area contributed by atoms with E-state index in [1.165, 1.54) is 6.42 Å². The Morgan fingerprint density at radius 3 is 2.31 bits per heavy atom. The molecule has 4 N–H and O–H groups in total. The van der Waals surface area contributed by atoms with Crippen molar-refractivity contribution in [1.29, 1.82) is 0 Å². The molecule has 1 saturated carbocycles. The fourth-order valence-electron chi connectivity index (χ4n) is 4.45. The molecule has 0 spiro atoms. The molecule has 0 atom stereocenters. The number of nitrogens with one attached hydrogen (secondary N) is 4. The van der Waals surface area contributed by atoms with E-state index in [1.807, 2.05) is 42.5 Å². The molecule has 0 bridgehead atoms. The highest BCUT2D eigenvalue weighted by Gasteiger charge is 2.21. The summed E-state index contributed by atoms with van der Waals surface area (Å²) in [6.07, 6.45) is 5.42. The lowest BCUT2D eigenvalue weighted by Gasteiger charge is -2.20. The molecule has 1 aromatic heterocycles. The number of hydrogen-bond acceptors (Lipinski definition) is 2. The molecular weight excluding hydrogens is 483 g/mol. The van der Waals surface area contributed by atoms with Crippen molar-refractivity contribution >= 4 is 57.4 Å². The maximum Gasteiger partial charge on any atom is 0.285 e. The van der Waals surface area contributed by atoms with Crippen molar-refractivity contribution in [2.75, 3.05) is 10.6 Å². The minimum atomic E-state index is -0.267. The van der Waals surface area contributed by atoms with Crippen LogP contribution in [0.2, 0.25) is 10.0 Å². The van der Waals surface area contributed by atoms with Gasteiger partial charge in [0.05, 0.1) is 15.6 Å². The Balaban J connectivity index is 1.27. The third-order valence-electron chi connectivity index (χ3n) is 6.40. The van der Waals surface area contributed by atoms with E-state index in [1.54, 1.807) is 18.2 Å². The molecule has 8 heteroatoms. The van der Waals surface area contributed by atoms with Gasteiger partial charge < -0.3 is 10.6 Å². The zero-order chi connectivity index (χ0) is 24.4. The van der Waals surface area contributed by atoms with Crippen molar-refractivity contribution < 1.29 is 14.6 Å². The first-order valence-corrected chi connectivity index (χ1v) is 12.4. The van der Waals surface area contributed by atoms with Crippen LogP contribution in [0, 0.1) is 5.92 Å². The van der Waals surface area contributed by atoms with Crippen LogP contribution < -0.4 is 15.6 Å². The first-order chi connectivity index (χ1) is 17.0. The number of hydrogen-bond donors (Lipinski definition) is 3. The van der Waals surface area contributed by atoms with Gasteiger partial charge in [0.15, 0.2) is 11.0 Å². The number of halogens is 2. The first kappa shape index (κ1) is 23.4. The monoisotopic (exact) mass is 507 g/mol. The number of aromatic amines is 2. The molecule has 1 aliphatic carbocycles. The Morgan fingerprint density at radius 2 is 1.57 bits per heavy atom. The lowest BCUT2D eigenvalue weighted by atomic mass is 9.88. The highest BCUT2D eigenvalue weighted by molar-refractivity contribution is 6.42. The number of amides is 2. The Morgan fingerprint density at radius 1 is 0.829 bits per heavy atom. The van der Waals surface area contributed by atoms with Crippen LogP contribution in [0.3, 0.4) is 0 Å². The number of fused-ring (bicyclic) bond motifs is 1. The fourth-order valence-corrected chi connectivity index (χ4v) is 4.75. The predicted octanol–water partition coefficient (Wildman–Crippen LogP) is 6.73. The van der Waals surface area contributed by atoms with Crippen molar-refractivity contribution in [1.82, 2.24) is 4.98 Å². The highest BCUT2D eigenvalue weighted by Crippen LogP contribution is 2.27. The van der Waals surface area contributed by atoms with Crippen LogP contribution in [0.5, 0.6) is 0 Å². The Kier molecular flexibility index (Phi) is 6.75. The highest BCUT2D eigenvalue weighted by atomic mass is 35.5. The number of H-pyrrole nitrogens is 2. The summed E-state index contributed by atoms with van der Waals surface area (Å²) in [5.41, 5.74) is 4.65. The topological polar surface area (TPSA) is 88.1 Å². The van der Waals surface area contributed by atoms with Crippen molar-refractivity contribution in [3.63, 3.8) is 0 Å². The molecule has 1 heterocycles. The summed E-state index contributed by atoms with van der Waals surface area (Å²) in [6.45, 7) is 0. The third-order valence-corrected chi connectivity index (χ3v) is 7.13. The summed E-state index contributed by atoms with van der Waals surface area (Å²) in [7, 11) is 0. The second kappa shape index (κ2) is 10.1. The molecule has 4 aromatic rings. The summed E-state index contributed by atoms with van der Waals surface area (Å²) in [5.74, 6) is 0.786. The van der Waals surface area contributed by atoms with Gasteiger partial charge >= 0.3 is 0 Å². The standard InChI is InChI=1S/C27H24Cl2N4O2/c28-21-12-8-18(14-22(21)29)27(35)30-19-9-6-16(7-10-19)25-32-23-13-11-20(15-24(23)33-25)31-26(34)17-4-2-1-3-5-17/h6-15,17H,1-5H2,(H,30,35)(H,31,34)(H,32,33)/p+1. The van der Waals surface area contributed by atoms with Crippen molar-refractivity contribution in [3.8, 4) is 11.4 Å². The lowest BCUT2D eigenvalue weighted by molar-refractivity contribution is -0.330. The Labute approximate surface area is 213 Å². The average molecular weight is 508 g/mol. The van der Waals surface area contributed by atoms with E-state index in [9.17, 15) is 9.59 Å². The number of benzene rings is 3. The van der Waals surface area contributed by atoms with Gasteiger partial charge in [0.2, 0.25) is 5.91 Å². The summed E-state index contributed by atoms with van der Waals surface area (Å²) in [6, 6.07) is 18.1. The molecular formula is C27H25Cl2N4O2+. The van der Waals surface area contributed by atoms with Crippen molar-refractivity contribution in [3.05, 3.63) is 76.3 Å². The number of rotatable bonds is 5. The molecule has 3 aromatic carbocycles. The van der Waals surface area contributed by atoms with E-state index in [0.29, 0.717) is 21.3 Å². The summed E-state index contributed by atoms with van der Waals surface area (Å²) in [5, 5.41) is 6.67. The molecule has 2 amide bonds. The summed E-state index contributed by atoms with van der Waals surface area (Å²) >= 11 is 11.9. The van der Waals surface area contributed by atoms with Gasteiger partial charge in [-0.1, -0.05) is 42.5 Å². The predicted molar refractivity (Wildman–Crippen MR) is 140 cm³/mol. The molecule has 1 fully saturated rings. The van der Waals surface area contributed by atoms with E-state index in [4.69, 9.17) is 23.2 Å². The van der Waals surface area contributed by atoms with Gasteiger partial charge in [0, 0.05) is 28.9 Å². The summed E-state index contributed by atoms with van der Waals surface area (Å²) < 4.78 is 0. The van der Waals surface area contributed by atoms with Gasteiger partial charge in [-0.05, 0) is 67.4 Å². The van der Waals surface area contributed by atoms with E-state index >= 15 is 0 Å². The number of carbonyl (C=O) groups is 2. The zero-order valence-electron chi connectivity index (χ0n) is 19.0. The minimum absolute atomic E-state index is 0.110. The van der Waals surface area contributed by atoms with Crippen LogP contribution in [0.4, 0.5) is 11.4 Å². The van der Waals surface area contributed by atoms with Crippen LogP contribution in [0.1, 0.15) is 42.5 Å². The Bertz CT molecular complexity index is 1390. The van der Waals surface area contributed by atoms with Crippen LogP contribution in [0.15, 0.2) is 60.7 Å². The van der Waals surface area contributed by atoms with Crippen LogP contribution in [0.25, 0.3) is 22.4 Å². The van der Waals surface area contributed by atoms with Crippen LogP contribution in [-0.4, -0.2) is 16.8 Å². The quantitative estimate of drug-likeness (QED) is 0.279. The zero-order valence-corrected chi connectivity index (χ0v) is 20.5. The van der Waals surface area contributed by atoms with Crippen molar-refractivity contribution in [2.45, 2.75) is 32.1 Å². The van der Waals surface area contributed by atoms with Gasteiger partial charge in [-0.2, -0.15) is 0 Å². The maximum absolute atomic E-state index is 12.6. The normalized spacial score (nSPS) is 14.1. The van der Waals surface area contributed by atoms with E-state index in [2.05, 4.69) is 20.6 Å². The van der Waals surface area contributed by atoms with E-state index in [0.717, 1.165) is 53.8 Å². The van der Waals surface area contributed by atoms with Gasteiger partial charge in [0.1, 0.15) is 0 Å². The summed E-state index contributed by atoms with van der Waals surface area (Å²) in [4.78, 5) is 31.8. The van der Waals surface area contributed by atoms with E-state index < -0.39 is 0 Å². The fraction of sp³-hybridized carbons (Fsp3) is 0.222. The van der Waals surface area contributed by atoms with Crippen LogP contribution >= 0.6 is 23.2 Å². The minimum Gasteiger partial charge on any atom is -0.326 e. The smallest absolute Gasteiger partial charge is 0.285 e. The van der Waals surface area contributed by atoms with Gasteiger partial charge in [-0.25, -0.2) is 9.97 Å². The lowest BCUT2D eigenvalue weighted by Crippen LogP contribution is -2.24. The Hall–Kier alpha value is -3.35. The van der Waals surface area contributed by atoms with Gasteiger partial charge in [-0.3, -0.25) is 9.59 Å². The number of imidazole rings is 1. The molecule has 35 heavy (non-hydrogen) atoms. The molecule has 0 aliphatic heterocycles. The number of carbonyl (C=O) groups excluding carboxylic acids is 2. The van der Waals surface area contributed by atoms with Gasteiger partial charge in [-0.15, -0.1) is 0 Å². The molecule has 5 rings (SSSR count). The molecule has 0 saturated heterocycles. The van der Waals surface area contributed by atoms with Gasteiger partial charge in [0.25, 0.3) is 11.7 Å². The molecule has 6 nitrogen and oxygen atoms in total. The van der Waals surface area contributed by atoms with Crippen LogP contribution in [-0.2, 0) is 4.79 Å². The SMILES string of the molecule is O=C(Nc1ccc(-c2[nH]c3cc(NC(=O)C4CCCCC4)ccc3[nH+]2)cc1)c1ccc(Cl)c(Cl)c1. The molecule has 178 valence electrons. The van der Waals surface area contributed by atoms with E-state index in [-0.39, 0.29) is 17.7 Å². The largest absolute Gasteiger partial charge is 0.326 e. The molecule has 1 aliphatic rings. The number of anilines is 2. The van der Waals surface area contributed by atoms with Crippen molar-refractivity contribution in [2.24, 2.45) is 5.92 Å². The number of aromatic nitrogens is 2.